The molecule has 3 aromatic rings. The Labute approximate surface area is 123 Å². The van der Waals surface area contributed by atoms with E-state index in [1.165, 1.54) is 5.56 Å². The monoisotopic (exact) mass is 286 g/mol. The average molecular weight is 286 g/mol. The van der Waals surface area contributed by atoms with Crippen molar-refractivity contribution < 1.29 is 0 Å². The predicted octanol–water partition coefficient (Wildman–Crippen LogP) is 3.24. The van der Waals surface area contributed by atoms with Gasteiger partial charge in [0.1, 0.15) is 5.52 Å². The first kappa shape index (κ1) is 13.1. The average Bonchev–Trinajstić information content (AvgIpc) is 2.95. The number of benzene rings is 1. The van der Waals surface area contributed by atoms with Gasteiger partial charge >= 0.3 is 0 Å². The molecule has 0 amide bonds. The summed E-state index contributed by atoms with van der Waals surface area (Å²) in [5, 5.41) is 4.54. The van der Waals surface area contributed by atoms with Crippen molar-refractivity contribution in [3.05, 3.63) is 46.4 Å². The number of aryl methyl sites for hydroxylation is 4. The summed E-state index contributed by atoms with van der Waals surface area (Å²) in [5.41, 5.74) is 4.56. The molecule has 0 radical (unpaired) electrons. The summed E-state index contributed by atoms with van der Waals surface area (Å²) in [6, 6.07) is 10.5. The first-order chi connectivity index (χ1) is 9.70. The molecule has 2 heterocycles. The molecule has 0 saturated carbocycles. The number of nitrogens with zero attached hydrogens (tertiary/aromatic N) is 3. The van der Waals surface area contributed by atoms with Crippen molar-refractivity contribution in [2.75, 3.05) is 0 Å². The third kappa shape index (κ3) is 2.18. The molecule has 5 heteroatoms. The van der Waals surface area contributed by atoms with E-state index in [4.69, 9.17) is 12.2 Å². The molecule has 20 heavy (non-hydrogen) atoms. The van der Waals surface area contributed by atoms with Gasteiger partial charge in [-0.1, -0.05) is 37.3 Å². The topological polar surface area (TPSA) is 38.5 Å². The van der Waals surface area contributed by atoms with Crippen LogP contribution in [0.25, 0.3) is 11.2 Å². The van der Waals surface area contributed by atoms with Gasteiger partial charge in [-0.05, 0) is 30.6 Å². The van der Waals surface area contributed by atoms with E-state index in [-0.39, 0.29) is 0 Å². The molecular formula is C15H18N4S. The van der Waals surface area contributed by atoms with Crippen LogP contribution >= 0.6 is 12.2 Å². The van der Waals surface area contributed by atoms with Crippen molar-refractivity contribution in [2.45, 2.75) is 26.3 Å². The van der Waals surface area contributed by atoms with Crippen LogP contribution in [0, 0.1) is 4.77 Å². The summed E-state index contributed by atoms with van der Waals surface area (Å²) in [7, 11) is 1.98. The van der Waals surface area contributed by atoms with Gasteiger partial charge in [0.15, 0.2) is 10.4 Å². The van der Waals surface area contributed by atoms with Gasteiger partial charge in [-0.2, -0.15) is 5.10 Å². The maximum absolute atomic E-state index is 5.46. The molecule has 0 fully saturated rings. The molecule has 0 atom stereocenters. The van der Waals surface area contributed by atoms with Gasteiger partial charge in [0.05, 0.1) is 5.69 Å². The van der Waals surface area contributed by atoms with Gasteiger partial charge in [0.25, 0.3) is 0 Å². The van der Waals surface area contributed by atoms with Gasteiger partial charge in [-0.25, -0.2) is 0 Å². The van der Waals surface area contributed by atoms with Crippen molar-refractivity contribution in [1.82, 2.24) is 19.3 Å². The Hall–Kier alpha value is -1.88. The summed E-state index contributed by atoms with van der Waals surface area (Å²) in [6.45, 7) is 2.98. The number of rotatable bonds is 4. The van der Waals surface area contributed by atoms with Crippen molar-refractivity contribution in [2.24, 2.45) is 7.05 Å². The third-order valence-electron chi connectivity index (χ3n) is 3.62. The molecule has 0 aliphatic rings. The van der Waals surface area contributed by atoms with Gasteiger partial charge in [0, 0.05) is 13.6 Å². The minimum absolute atomic E-state index is 0.777. The van der Waals surface area contributed by atoms with Crippen LogP contribution < -0.4 is 0 Å². The first-order valence-electron chi connectivity index (χ1n) is 6.89. The minimum Gasteiger partial charge on any atom is -0.328 e. The predicted molar refractivity (Wildman–Crippen MR) is 83.4 cm³/mol. The number of hydrogen-bond acceptors (Lipinski definition) is 2. The first-order valence-corrected chi connectivity index (χ1v) is 7.30. The minimum atomic E-state index is 0.777. The third-order valence-corrected chi connectivity index (χ3v) is 3.95. The Morgan fingerprint density at radius 1 is 1.25 bits per heavy atom. The highest BCUT2D eigenvalue weighted by molar-refractivity contribution is 7.71. The standard InChI is InChI=1S/C15H18N4S/c1-3-12-13-14(18(2)17-12)19(15(20)16-13)10-9-11-7-5-4-6-8-11/h4-8H,3,9-10H2,1-2H3,(H,16,20). The molecule has 1 N–H and O–H groups in total. The zero-order valence-electron chi connectivity index (χ0n) is 11.8. The van der Waals surface area contributed by atoms with Crippen LogP contribution in [0.3, 0.4) is 0 Å². The van der Waals surface area contributed by atoms with Gasteiger partial charge in [-0.15, -0.1) is 0 Å². The highest BCUT2D eigenvalue weighted by atomic mass is 32.1. The van der Waals surface area contributed by atoms with E-state index in [9.17, 15) is 0 Å². The van der Waals surface area contributed by atoms with Crippen LogP contribution in [0.1, 0.15) is 18.2 Å². The Morgan fingerprint density at radius 3 is 2.70 bits per heavy atom. The fourth-order valence-corrected chi connectivity index (χ4v) is 2.90. The highest BCUT2D eigenvalue weighted by Gasteiger charge is 2.13. The molecule has 2 aromatic heterocycles. The number of hydrogen-bond donors (Lipinski definition) is 1. The number of H-pyrrole nitrogens is 1. The van der Waals surface area contributed by atoms with Crippen LogP contribution in [0.4, 0.5) is 0 Å². The van der Waals surface area contributed by atoms with Crippen LogP contribution in [0.2, 0.25) is 0 Å². The van der Waals surface area contributed by atoms with E-state index in [0.717, 1.165) is 41.0 Å². The number of imidazole rings is 1. The summed E-state index contributed by atoms with van der Waals surface area (Å²) in [4.78, 5) is 3.30. The Morgan fingerprint density at radius 2 is 2.00 bits per heavy atom. The van der Waals surface area contributed by atoms with Gasteiger partial charge in [-0.3, -0.25) is 4.68 Å². The quantitative estimate of drug-likeness (QED) is 0.748. The van der Waals surface area contributed by atoms with Crippen molar-refractivity contribution in [3.8, 4) is 0 Å². The fraction of sp³-hybridized carbons (Fsp3) is 0.333. The highest BCUT2D eigenvalue weighted by Crippen LogP contribution is 2.18. The Bertz CT molecular complexity index is 779. The molecule has 0 unspecified atom stereocenters. The van der Waals surface area contributed by atoms with Crippen molar-refractivity contribution in [3.63, 3.8) is 0 Å². The van der Waals surface area contributed by atoms with Crippen LogP contribution in [0.5, 0.6) is 0 Å². The second kappa shape index (κ2) is 5.25. The molecule has 0 bridgehead atoms. The van der Waals surface area contributed by atoms with E-state index >= 15 is 0 Å². The summed E-state index contributed by atoms with van der Waals surface area (Å²) in [5.74, 6) is 0. The van der Waals surface area contributed by atoms with E-state index in [2.05, 4.69) is 45.8 Å². The van der Waals surface area contributed by atoms with E-state index in [1.807, 2.05) is 17.8 Å². The molecular weight excluding hydrogens is 268 g/mol. The molecule has 0 spiro atoms. The molecule has 4 nitrogen and oxygen atoms in total. The number of aromatic amines is 1. The van der Waals surface area contributed by atoms with Crippen LogP contribution in [-0.2, 0) is 26.4 Å². The Balaban J connectivity index is 1.97. The lowest BCUT2D eigenvalue weighted by Gasteiger charge is -2.05. The van der Waals surface area contributed by atoms with Crippen molar-refractivity contribution in [1.29, 1.82) is 0 Å². The van der Waals surface area contributed by atoms with E-state index < -0.39 is 0 Å². The second-order valence-electron chi connectivity index (χ2n) is 4.94. The molecule has 0 saturated heterocycles. The zero-order valence-corrected chi connectivity index (χ0v) is 12.6. The lowest BCUT2D eigenvalue weighted by atomic mass is 10.1. The Kier molecular flexibility index (Phi) is 3.44. The maximum Gasteiger partial charge on any atom is 0.179 e. The van der Waals surface area contributed by atoms with Crippen molar-refractivity contribution >= 4 is 23.4 Å². The summed E-state index contributed by atoms with van der Waals surface area (Å²) in [6.07, 6.45) is 1.88. The maximum atomic E-state index is 5.46. The lowest BCUT2D eigenvalue weighted by molar-refractivity contribution is 0.662. The van der Waals surface area contributed by atoms with E-state index in [1.54, 1.807) is 0 Å². The molecule has 1 aromatic carbocycles. The van der Waals surface area contributed by atoms with Gasteiger partial charge < -0.3 is 9.55 Å². The second-order valence-corrected chi connectivity index (χ2v) is 5.33. The smallest absolute Gasteiger partial charge is 0.179 e. The lowest BCUT2D eigenvalue weighted by Crippen LogP contribution is -2.05. The zero-order chi connectivity index (χ0) is 14.1. The van der Waals surface area contributed by atoms with Crippen LogP contribution in [-0.4, -0.2) is 19.3 Å². The summed E-state index contributed by atoms with van der Waals surface area (Å²) >= 11 is 5.46. The largest absolute Gasteiger partial charge is 0.328 e. The SMILES string of the molecule is CCc1nn(C)c2c1[nH]c(=S)n2CCc1ccccc1. The molecule has 0 aliphatic carbocycles. The fourth-order valence-electron chi connectivity index (χ4n) is 2.62. The summed E-state index contributed by atoms with van der Waals surface area (Å²) < 4.78 is 4.84. The molecule has 104 valence electrons. The normalized spacial score (nSPS) is 11.3. The number of fused-ring (bicyclic) bond motifs is 1. The van der Waals surface area contributed by atoms with Crippen LogP contribution in [0.15, 0.2) is 30.3 Å². The van der Waals surface area contributed by atoms with Gasteiger partial charge in [0.2, 0.25) is 0 Å². The number of aromatic nitrogens is 4. The molecule has 0 aliphatic heterocycles. The molecule has 3 rings (SSSR count). The number of nitrogens with one attached hydrogen (secondary N) is 1. The van der Waals surface area contributed by atoms with E-state index in [0.29, 0.717) is 0 Å².